The molecule has 11 nitrogen and oxygen atoms in total. The van der Waals surface area contributed by atoms with Crippen LogP contribution in [0.5, 0.6) is 17.2 Å². The Morgan fingerprint density at radius 2 is 1.05 bits per heavy atom. The van der Waals surface area contributed by atoms with Crippen molar-refractivity contribution in [3.05, 3.63) is 113 Å². The summed E-state index contributed by atoms with van der Waals surface area (Å²) < 4.78 is 45.0. The number of hydrogen-bond donors (Lipinski definition) is 4. The summed E-state index contributed by atoms with van der Waals surface area (Å²) in [7, 11) is 3.05. The van der Waals surface area contributed by atoms with Crippen LogP contribution in [-0.2, 0) is 19.2 Å². The van der Waals surface area contributed by atoms with Gasteiger partial charge in [-0.1, -0.05) is 30.3 Å². The van der Waals surface area contributed by atoms with E-state index in [2.05, 4.69) is 10.6 Å². The first-order valence-corrected chi connectivity index (χ1v) is 17.5. The number of carbonyl (C=O) groups is 4. The molecule has 0 bridgehead atoms. The van der Waals surface area contributed by atoms with Crippen molar-refractivity contribution >= 4 is 35.1 Å². The maximum Gasteiger partial charge on any atom is 0.332 e. The number of anilines is 2. The third kappa shape index (κ3) is 9.55. The molecule has 286 valence electrons. The number of aliphatic carboxylic acids is 2. The fraction of sp³-hybridized carbons (Fsp3) is 0.238. The number of amides is 2. The minimum Gasteiger partial charge on any atom is -0.494 e. The molecule has 6 rings (SSSR count). The molecule has 0 atom stereocenters. The quantitative estimate of drug-likeness (QED) is 0.111. The number of hydrogen-bond acceptors (Lipinski definition) is 7. The van der Waals surface area contributed by atoms with Gasteiger partial charge in [-0.05, 0) is 116 Å². The minimum absolute atomic E-state index is 0.00151. The van der Waals surface area contributed by atoms with E-state index in [0.717, 1.165) is 11.1 Å². The highest BCUT2D eigenvalue weighted by Crippen LogP contribution is 2.34. The van der Waals surface area contributed by atoms with Crippen LogP contribution >= 0.6 is 0 Å². The molecule has 13 heteroatoms. The normalized spacial score (nSPS) is 13.5. The Morgan fingerprint density at radius 1 is 0.600 bits per heavy atom. The zero-order valence-electron chi connectivity index (χ0n) is 30.5. The van der Waals surface area contributed by atoms with Gasteiger partial charge < -0.3 is 35.1 Å². The minimum atomic E-state index is -1.10. The summed E-state index contributed by atoms with van der Waals surface area (Å²) in [5, 5.41) is 23.3. The zero-order valence-corrected chi connectivity index (χ0v) is 30.5. The van der Waals surface area contributed by atoms with E-state index in [1.807, 2.05) is 31.2 Å². The first-order chi connectivity index (χ1) is 26.4. The molecular formula is C42H40F2N2O9. The number of ether oxygens (including phenoxy) is 3. The zero-order chi connectivity index (χ0) is 39.6. The van der Waals surface area contributed by atoms with Crippen molar-refractivity contribution in [3.63, 3.8) is 0 Å². The molecule has 0 unspecified atom stereocenters. The molecule has 4 aromatic rings. The second kappa shape index (κ2) is 18.0. The van der Waals surface area contributed by atoms with Gasteiger partial charge in [0.25, 0.3) is 11.8 Å². The van der Waals surface area contributed by atoms with Crippen LogP contribution < -0.4 is 24.8 Å². The number of carbonyl (C=O) groups excluding carboxylic acids is 2. The molecule has 0 saturated heterocycles. The molecular weight excluding hydrogens is 714 g/mol. The van der Waals surface area contributed by atoms with Crippen LogP contribution in [0.2, 0.25) is 0 Å². The van der Waals surface area contributed by atoms with Gasteiger partial charge in [0, 0.05) is 22.3 Å². The predicted octanol–water partition coefficient (Wildman–Crippen LogP) is 8.41. The van der Waals surface area contributed by atoms with Crippen molar-refractivity contribution in [3.8, 4) is 39.5 Å². The molecule has 0 saturated carbocycles. The van der Waals surface area contributed by atoms with Crippen LogP contribution in [-0.4, -0.2) is 54.8 Å². The fourth-order valence-corrected chi connectivity index (χ4v) is 6.40. The van der Waals surface area contributed by atoms with Crippen LogP contribution in [0.1, 0.15) is 45.4 Å². The van der Waals surface area contributed by atoms with E-state index >= 15 is 0 Å². The van der Waals surface area contributed by atoms with Crippen molar-refractivity contribution in [2.24, 2.45) is 0 Å². The van der Waals surface area contributed by atoms with Gasteiger partial charge in [0.1, 0.15) is 17.4 Å². The van der Waals surface area contributed by atoms with Gasteiger partial charge in [-0.15, -0.1) is 0 Å². The first-order valence-electron chi connectivity index (χ1n) is 17.5. The molecule has 2 amide bonds. The number of halogens is 2. The molecule has 0 aliphatic heterocycles. The van der Waals surface area contributed by atoms with E-state index in [-0.39, 0.29) is 33.7 Å². The highest BCUT2D eigenvalue weighted by Gasteiger charge is 2.27. The fourth-order valence-electron chi connectivity index (χ4n) is 6.40. The van der Waals surface area contributed by atoms with Gasteiger partial charge in [0.15, 0.2) is 11.5 Å². The van der Waals surface area contributed by atoms with E-state index in [0.29, 0.717) is 73.5 Å². The molecule has 55 heavy (non-hydrogen) atoms. The molecule has 2 aliphatic carbocycles. The average molecular weight is 755 g/mol. The first kappa shape index (κ1) is 39.7. The Morgan fingerprint density at radius 3 is 1.51 bits per heavy atom. The lowest BCUT2D eigenvalue weighted by atomic mass is 10.0. The standard InChI is InChI=1S/C21H20FNO5.C21H20FNO4/c1-27-18-9-7-13(11-19(18)28-2)12-6-8-17(16(22)10-12)23-20(24)14-4-3-5-15(14)21(25)26;1-2-27-15-6-3-5-13(11-15)14-9-10-19(18(22)12-14)23-20(24)16-7-4-8-17(16)21(25)26/h6-11H,3-5H2,1-2H3,(H,23,24)(H,25,26);3,5-6,9-12H,2,4,7-8H2,1H3,(H,23,24)(H,25,26). The van der Waals surface area contributed by atoms with Gasteiger partial charge in [-0.3, -0.25) is 9.59 Å². The van der Waals surface area contributed by atoms with E-state index in [1.165, 1.54) is 38.5 Å². The van der Waals surface area contributed by atoms with Gasteiger partial charge in [0.2, 0.25) is 0 Å². The summed E-state index contributed by atoms with van der Waals surface area (Å²) >= 11 is 0. The Labute approximate surface area is 316 Å². The van der Waals surface area contributed by atoms with Gasteiger partial charge in [0.05, 0.1) is 32.2 Å². The summed E-state index contributed by atoms with van der Waals surface area (Å²) in [6.45, 7) is 2.43. The summed E-state index contributed by atoms with van der Waals surface area (Å²) in [5.41, 5.74) is 3.42. The number of methoxy groups -OCH3 is 2. The van der Waals surface area contributed by atoms with Crippen LogP contribution in [0.4, 0.5) is 20.2 Å². The van der Waals surface area contributed by atoms with Crippen LogP contribution in [0.3, 0.4) is 0 Å². The Balaban J connectivity index is 0.000000211. The lowest BCUT2D eigenvalue weighted by Gasteiger charge is -2.12. The molecule has 0 radical (unpaired) electrons. The van der Waals surface area contributed by atoms with Crippen molar-refractivity contribution in [1.82, 2.24) is 0 Å². The van der Waals surface area contributed by atoms with Crippen molar-refractivity contribution in [2.75, 3.05) is 31.5 Å². The Hall–Kier alpha value is -6.50. The Bertz CT molecular complexity index is 2200. The van der Waals surface area contributed by atoms with Crippen LogP contribution in [0.25, 0.3) is 22.3 Å². The monoisotopic (exact) mass is 754 g/mol. The largest absolute Gasteiger partial charge is 0.494 e. The van der Waals surface area contributed by atoms with Crippen molar-refractivity contribution in [2.45, 2.75) is 45.4 Å². The molecule has 0 fully saturated rings. The average Bonchev–Trinajstić information content (AvgIpc) is 3.88. The maximum atomic E-state index is 14.6. The van der Waals surface area contributed by atoms with Crippen molar-refractivity contribution in [1.29, 1.82) is 0 Å². The van der Waals surface area contributed by atoms with E-state index in [9.17, 15) is 28.0 Å². The molecule has 0 aromatic heterocycles. The second-order valence-electron chi connectivity index (χ2n) is 12.6. The number of benzene rings is 4. The molecule has 4 N–H and O–H groups in total. The molecule has 0 spiro atoms. The third-order valence-electron chi connectivity index (χ3n) is 9.13. The van der Waals surface area contributed by atoms with Crippen molar-refractivity contribution < 1.29 is 52.4 Å². The van der Waals surface area contributed by atoms with E-state index < -0.39 is 35.4 Å². The highest BCUT2D eigenvalue weighted by molar-refractivity contribution is 6.10. The lowest BCUT2D eigenvalue weighted by molar-refractivity contribution is -0.133. The topological polar surface area (TPSA) is 160 Å². The second-order valence-corrected chi connectivity index (χ2v) is 12.6. The Kier molecular flexibility index (Phi) is 13.0. The smallest absolute Gasteiger partial charge is 0.332 e. The van der Waals surface area contributed by atoms with Gasteiger partial charge in [-0.25, -0.2) is 18.4 Å². The van der Waals surface area contributed by atoms with E-state index in [1.54, 1.807) is 30.3 Å². The molecule has 0 heterocycles. The number of carboxylic acid groups (broad SMARTS) is 2. The van der Waals surface area contributed by atoms with Crippen LogP contribution in [0, 0.1) is 11.6 Å². The summed E-state index contributed by atoms with van der Waals surface area (Å²) in [6, 6.07) is 21.5. The number of nitrogens with one attached hydrogen (secondary N) is 2. The summed E-state index contributed by atoms with van der Waals surface area (Å²) in [4.78, 5) is 47.1. The van der Waals surface area contributed by atoms with Gasteiger partial charge >= 0.3 is 11.9 Å². The number of rotatable bonds is 12. The lowest BCUT2D eigenvalue weighted by Crippen LogP contribution is -2.17. The predicted molar refractivity (Wildman–Crippen MR) is 202 cm³/mol. The van der Waals surface area contributed by atoms with E-state index in [4.69, 9.17) is 24.4 Å². The summed E-state index contributed by atoms with van der Waals surface area (Å²) in [5.74, 6) is -2.75. The SMILES string of the molecule is CCOc1cccc(-c2ccc(NC(=O)C3=C(C(=O)O)CCC3)c(F)c2)c1.COc1ccc(-c2ccc(NC(=O)C3=C(C(=O)O)CCC3)c(F)c2)cc1OC. The third-order valence-corrected chi connectivity index (χ3v) is 9.13. The molecule has 4 aromatic carbocycles. The van der Waals surface area contributed by atoms with Crippen LogP contribution in [0.15, 0.2) is 101 Å². The maximum absolute atomic E-state index is 14.6. The van der Waals surface area contributed by atoms with Gasteiger partial charge in [-0.2, -0.15) is 0 Å². The highest BCUT2D eigenvalue weighted by atomic mass is 19.1. The number of carboxylic acids is 2. The summed E-state index contributed by atoms with van der Waals surface area (Å²) in [6.07, 6.45) is 2.68. The molecule has 2 aliphatic rings.